The van der Waals surface area contributed by atoms with Crippen molar-refractivity contribution < 1.29 is 4.74 Å². The molecule has 0 aliphatic carbocycles. The van der Waals surface area contributed by atoms with Gasteiger partial charge in [-0.25, -0.2) is 9.97 Å². The molecule has 0 fully saturated rings. The van der Waals surface area contributed by atoms with Crippen LogP contribution in [-0.4, -0.2) is 17.1 Å². The number of rotatable bonds is 3. The highest BCUT2D eigenvalue weighted by Gasteiger charge is 2.00. The first-order valence-electron chi connectivity index (χ1n) is 4.95. The molecule has 4 nitrogen and oxygen atoms in total. The molecule has 4 heteroatoms. The SMILES string of the molecule is COCc1ccc(-c2ncc(N)cn2)cc1. The molecule has 0 saturated heterocycles. The maximum Gasteiger partial charge on any atom is 0.159 e. The molecule has 0 amide bonds. The minimum Gasteiger partial charge on any atom is -0.396 e. The largest absolute Gasteiger partial charge is 0.396 e. The van der Waals surface area contributed by atoms with E-state index < -0.39 is 0 Å². The molecule has 0 aliphatic rings. The number of nitrogens with zero attached hydrogens (tertiary/aromatic N) is 2. The number of hydrogen-bond acceptors (Lipinski definition) is 4. The van der Waals surface area contributed by atoms with Crippen LogP contribution in [0.25, 0.3) is 11.4 Å². The lowest BCUT2D eigenvalue weighted by molar-refractivity contribution is 0.185. The number of anilines is 1. The van der Waals surface area contributed by atoms with Gasteiger partial charge in [-0.15, -0.1) is 0 Å². The molecular formula is C12H13N3O. The van der Waals surface area contributed by atoms with Crippen LogP contribution in [0.4, 0.5) is 5.69 Å². The lowest BCUT2D eigenvalue weighted by Gasteiger charge is -2.02. The third-order valence-electron chi connectivity index (χ3n) is 2.19. The predicted molar refractivity (Wildman–Crippen MR) is 62.6 cm³/mol. The van der Waals surface area contributed by atoms with Crippen LogP contribution in [0.5, 0.6) is 0 Å². The standard InChI is InChI=1S/C12H13N3O/c1-16-8-9-2-4-10(5-3-9)12-14-6-11(13)7-15-12/h2-7H,8,13H2,1H3. The molecule has 16 heavy (non-hydrogen) atoms. The van der Waals surface area contributed by atoms with E-state index in [0.29, 0.717) is 18.1 Å². The highest BCUT2D eigenvalue weighted by molar-refractivity contribution is 5.56. The van der Waals surface area contributed by atoms with Gasteiger partial charge in [-0.05, 0) is 5.56 Å². The summed E-state index contributed by atoms with van der Waals surface area (Å²) >= 11 is 0. The highest BCUT2D eigenvalue weighted by atomic mass is 16.5. The van der Waals surface area contributed by atoms with E-state index in [9.17, 15) is 0 Å². The van der Waals surface area contributed by atoms with E-state index in [-0.39, 0.29) is 0 Å². The third-order valence-corrected chi connectivity index (χ3v) is 2.19. The summed E-state index contributed by atoms with van der Waals surface area (Å²) in [4.78, 5) is 8.31. The molecule has 0 saturated carbocycles. The van der Waals surface area contributed by atoms with Crippen molar-refractivity contribution in [3.8, 4) is 11.4 Å². The van der Waals surface area contributed by atoms with Gasteiger partial charge in [0.1, 0.15) is 0 Å². The van der Waals surface area contributed by atoms with Gasteiger partial charge in [-0.1, -0.05) is 24.3 Å². The second-order valence-electron chi connectivity index (χ2n) is 3.47. The predicted octanol–water partition coefficient (Wildman–Crippen LogP) is 1.87. The molecule has 82 valence electrons. The number of nitrogens with two attached hydrogens (primary N) is 1. The summed E-state index contributed by atoms with van der Waals surface area (Å²) in [5.41, 5.74) is 8.19. The van der Waals surface area contributed by atoms with Gasteiger partial charge >= 0.3 is 0 Å². The van der Waals surface area contributed by atoms with Gasteiger partial charge in [0.25, 0.3) is 0 Å². The number of aromatic nitrogens is 2. The Bertz CT molecular complexity index is 451. The number of hydrogen-bond donors (Lipinski definition) is 1. The highest BCUT2D eigenvalue weighted by Crippen LogP contribution is 2.15. The Morgan fingerprint density at radius 2 is 1.75 bits per heavy atom. The van der Waals surface area contributed by atoms with Crippen molar-refractivity contribution in [2.24, 2.45) is 0 Å². The van der Waals surface area contributed by atoms with Gasteiger partial charge < -0.3 is 10.5 Å². The zero-order chi connectivity index (χ0) is 11.4. The van der Waals surface area contributed by atoms with Crippen molar-refractivity contribution in [3.05, 3.63) is 42.2 Å². The van der Waals surface area contributed by atoms with E-state index in [1.165, 1.54) is 0 Å². The zero-order valence-corrected chi connectivity index (χ0v) is 9.05. The molecule has 2 rings (SSSR count). The van der Waals surface area contributed by atoms with E-state index in [4.69, 9.17) is 10.5 Å². The normalized spacial score (nSPS) is 10.3. The van der Waals surface area contributed by atoms with Crippen LogP contribution in [0.1, 0.15) is 5.56 Å². The molecule has 0 spiro atoms. The van der Waals surface area contributed by atoms with E-state index in [1.54, 1.807) is 19.5 Å². The Morgan fingerprint density at radius 3 is 2.31 bits per heavy atom. The molecule has 0 unspecified atom stereocenters. The lowest BCUT2D eigenvalue weighted by atomic mass is 10.1. The van der Waals surface area contributed by atoms with Gasteiger partial charge in [-0.3, -0.25) is 0 Å². The summed E-state index contributed by atoms with van der Waals surface area (Å²) in [6, 6.07) is 7.94. The van der Waals surface area contributed by atoms with Crippen molar-refractivity contribution >= 4 is 5.69 Å². The number of ether oxygens (including phenoxy) is 1. The molecule has 0 radical (unpaired) electrons. The monoisotopic (exact) mass is 215 g/mol. The van der Waals surface area contributed by atoms with Gasteiger partial charge in [-0.2, -0.15) is 0 Å². The van der Waals surface area contributed by atoms with Crippen molar-refractivity contribution in [1.82, 2.24) is 9.97 Å². The smallest absolute Gasteiger partial charge is 0.159 e. The number of nitrogen functional groups attached to an aromatic ring is 1. The molecule has 0 bridgehead atoms. The van der Waals surface area contributed by atoms with Crippen molar-refractivity contribution in [1.29, 1.82) is 0 Å². The molecule has 2 N–H and O–H groups in total. The fraction of sp³-hybridized carbons (Fsp3) is 0.167. The topological polar surface area (TPSA) is 61.0 Å². The Balaban J connectivity index is 2.24. The maximum atomic E-state index is 5.53. The first-order chi connectivity index (χ1) is 7.79. The van der Waals surface area contributed by atoms with Crippen LogP contribution >= 0.6 is 0 Å². The van der Waals surface area contributed by atoms with E-state index in [1.807, 2.05) is 24.3 Å². The summed E-state index contributed by atoms with van der Waals surface area (Å²) in [6.07, 6.45) is 3.21. The quantitative estimate of drug-likeness (QED) is 0.849. The summed E-state index contributed by atoms with van der Waals surface area (Å²) < 4.78 is 5.04. The van der Waals surface area contributed by atoms with Gasteiger partial charge in [0.05, 0.1) is 24.7 Å². The fourth-order valence-corrected chi connectivity index (χ4v) is 1.40. The van der Waals surface area contributed by atoms with Crippen molar-refractivity contribution in [2.45, 2.75) is 6.61 Å². The minimum atomic E-state index is 0.569. The van der Waals surface area contributed by atoms with E-state index in [2.05, 4.69) is 9.97 Å². The number of methoxy groups -OCH3 is 1. The molecule has 0 atom stereocenters. The van der Waals surface area contributed by atoms with Gasteiger partial charge in [0.2, 0.25) is 0 Å². The van der Waals surface area contributed by atoms with E-state index >= 15 is 0 Å². The Labute approximate surface area is 94.1 Å². The van der Waals surface area contributed by atoms with Crippen LogP contribution in [-0.2, 0) is 11.3 Å². The van der Waals surface area contributed by atoms with Crippen LogP contribution in [0.2, 0.25) is 0 Å². The molecule has 1 heterocycles. The summed E-state index contributed by atoms with van der Waals surface area (Å²) in [5, 5.41) is 0. The summed E-state index contributed by atoms with van der Waals surface area (Å²) in [7, 11) is 1.68. The fourth-order valence-electron chi connectivity index (χ4n) is 1.40. The second kappa shape index (κ2) is 4.72. The number of benzene rings is 1. The first kappa shape index (κ1) is 10.6. The van der Waals surface area contributed by atoms with Crippen LogP contribution in [0, 0.1) is 0 Å². The van der Waals surface area contributed by atoms with Crippen LogP contribution in [0.3, 0.4) is 0 Å². The third kappa shape index (κ3) is 2.35. The molecule has 1 aromatic heterocycles. The minimum absolute atomic E-state index is 0.569. The summed E-state index contributed by atoms with van der Waals surface area (Å²) in [5.74, 6) is 0.679. The molecule has 2 aromatic rings. The average Bonchev–Trinajstić information content (AvgIpc) is 2.32. The average molecular weight is 215 g/mol. The van der Waals surface area contributed by atoms with Gasteiger partial charge in [0, 0.05) is 12.7 Å². The zero-order valence-electron chi connectivity index (χ0n) is 9.05. The first-order valence-corrected chi connectivity index (χ1v) is 4.95. The van der Waals surface area contributed by atoms with Crippen molar-refractivity contribution in [2.75, 3.05) is 12.8 Å². The molecule has 0 aliphatic heterocycles. The van der Waals surface area contributed by atoms with Crippen LogP contribution in [0.15, 0.2) is 36.7 Å². The van der Waals surface area contributed by atoms with E-state index in [0.717, 1.165) is 11.1 Å². The molecular weight excluding hydrogens is 202 g/mol. The lowest BCUT2D eigenvalue weighted by Crippen LogP contribution is -1.93. The summed E-state index contributed by atoms with van der Waals surface area (Å²) in [6.45, 7) is 0.614. The maximum absolute atomic E-state index is 5.53. The van der Waals surface area contributed by atoms with Gasteiger partial charge in [0.15, 0.2) is 5.82 Å². The van der Waals surface area contributed by atoms with Crippen molar-refractivity contribution in [3.63, 3.8) is 0 Å². The Hall–Kier alpha value is -1.94. The van der Waals surface area contributed by atoms with Crippen LogP contribution < -0.4 is 5.73 Å². The molecule has 1 aromatic carbocycles. The Morgan fingerprint density at radius 1 is 1.12 bits per heavy atom. The second-order valence-corrected chi connectivity index (χ2v) is 3.47. The Kier molecular flexibility index (Phi) is 3.12.